The Morgan fingerprint density at radius 2 is 2.11 bits per heavy atom. The van der Waals surface area contributed by atoms with Crippen LogP contribution in [0.1, 0.15) is 14.8 Å². The largest absolute Gasteiger partial charge is 1.00 e. The zero-order valence-corrected chi connectivity index (χ0v) is 10.3. The van der Waals surface area contributed by atoms with Gasteiger partial charge >= 0.3 is 60.5 Å². The molecule has 52 valence electrons. The minimum atomic E-state index is -3.77. The molecule has 0 aromatic heterocycles. The summed E-state index contributed by atoms with van der Waals surface area (Å²) >= 11 is 0. The molecular weight excluding hydrogens is 187 g/mol. The van der Waals surface area contributed by atoms with Gasteiger partial charge in [0.1, 0.15) is 0 Å². The fourth-order valence-electron chi connectivity index (χ4n) is 0.189. The van der Waals surface area contributed by atoms with Crippen LogP contribution in [0.25, 0.3) is 0 Å². The Balaban J connectivity index is -0.000000245. The van der Waals surface area contributed by atoms with Crippen LogP contribution in [-0.2, 0) is 9.15 Å². The molecule has 9 heavy (non-hydrogen) atoms. The van der Waals surface area contributed by atoms with Crippen LogP contribution in [-0.4, -0.2) is 18.7 Å². The standard InChI is InChI=1S/C3H8O3S2.K.H/c1-2-3-7-8(4,5)6;;/h2-3H2,1H3,(H,4,5,6);;/q;+1;-1. The fraction of sp³-hybridized carbons (Fsp3) is 1.00. The van der Waals surface area contributed by atoms with E-state index in [2.05, 4.69) is 0 Å². The van der Waals surface area contributed by atoms with Gasteiger partial charge in [0.2, 0.25) is 0 Å². The Bertz CT molecular complexity index is 146. The van der Waals surface area contributed by atoms with Gasteiger partial charge in [0.25, 0.3) is 0 Å². The molecule has 6 heteroatoms. The molecule has 0 amide bonds. The van der Waals surface area contributed by atoms with Crippen molar-refractivity contribution < 1.29 is 65.8 Å². The van der Waals surface area contributed by atoms with Crippen LogP contribution < -0.4 is 51.4 Å². The Kier molecular flexibility index (Phi) is 9.88. The van der Waals surface area contributed by atoms with E-state index < -0.39 is 9.15 Å². The summed E-state index contributed by atoms with van der Waals surface area (Å²) in [5.74, 6) is 0.457. The maximum absolute atomic E-state index is 9.91. The first-order chi connectivity index (χ1) is 3.56. The maximum Gasteiger partial charge on any atom is 1.00 e. The first-order valence-electron chi connectivity index (χ1n) is 2.18. The van der Waals surface area contributed by atoms with Crippen LogP contribution >= 0.6 is 10.8 Å². The van der Waals surface area contributed by atoms with Crippen LogP contribution in [0.3, 0.4) is 0 Å². The van der Waals surface area contributed by atoms with E-state index in [1.807, 2.05) is 6.92 Å². The van der Waals surface area contributed by atoms with Gasteiger partial charge in [0.05, 0.1) is 0 Å². The molecule has 0 atom stereocenters. The molecule has 0 unspecified atom stereocenters. The minimum absolute atomic E-state index is 0. The zero-order chi connectivity index (χ0) is 6.62. The molecule has 0 aliphatic heterocycles. The molecule has 3 nitrogen and oxygen atoms in total. The number of rotatable bonds is 3. The van der Waals surface area contributed by atoms with E-state index in [9.17, 15) is 8.42 Å². The van der Waals surface area contributed by atoms with Crippen molar-refractivity contribution in [1.29, 1.82) is 0 Å². The molecule has 0 aromatic carbocycles. The van der Waals surface area contributed by atoms with Crippen molar-refractivity contribution in [2.45, 2.75) is 13.3 Å². The Morgan fingerprint density at radius 3 is 2.22 bits per heavy atom. The topological polar surface area (TPSA) is 54.4 Å². The average molecular weight is 196 g/mol. The van der Waals surface area contributed by atoms with Gasteiger partial charge in [-0.2, -0.15) is 8.42 Å². The molecular formula is C3H9KO3S2. The van der Waals surface area contributed by atoms with Crippen molar-refractivity contribution >= 4 is 19.9 Å². The third-order valence-electron chi connectivity index (χ3n) is 0.436. The summed E-state index contributed by atoms with van der Waals surface area (Å²) in [6, 6.07) is 0. The summed E-state index contributed by atoms with van der Waals surface area (Å²) in [6.07, 6.45) is 0.754. The number of hydrogen-bond donors (Lipinski definition) is 1. The molecule has 0 aliphatic carbocycles. The van der Waals surface area contributed by atoms with Crippen LogP contribution in [0, 0.1) is 0 Å². The molecule has 0 radical (unpaired) electrons. The van der Waals surface area contributed by atoms with E-state index in [-0.39, 0.29) is 52.8 Å². The molecule has 0 fully saturated rings. The van der Waals surface area contributed by atoms with Gasteiger partial charge in [-0.25, -0.2) is 0 Å². The third kappa shape index (κ3) is 13.0. The predicted molar refractivity (Wildman–Crippen MR) is 35.4 cm³/mol. The van der Waals surface area contributed by atoms with Crippen molar-refractivity contribution in [2.75, 3.05) is 5.75 Å². The Labute approximate surface area is 103 Å². The summed E-state index contributed by atoms with van der Waals surface area (Å²) in [6.45, 7) is 1.85. The maximum atomic E-state index is 9.91. The van der Waals surface area contributed by atoms with Gasteiger partial charge in [0.15, 0.2) is 0 Å². The second-order valence-corrected chi connectivity index (χ2v) is 4.72. The summed E-state index contributed by atoms with van der Waals surface area (Å²) in [5, 5.41) is 0. The van der Waals surface area contributed by atoms with Crippen LogP contribution in [0.5, 0.6) is 0 Å². The van der Waals surface area contributed by atoms with Crippen molar-refractivity contribution in [3.8, 4) is 0 Å². The van der Waals surface area contributed by atoms with Crippen molar-refractivity contribution in [3.63, 3.8) is 0 Å². The van der Waals surface area contributed by atoms with E-state index in [1.165, 1.54) is 0 Å². The normalized spacial score (nSPS) is 10.4. The zero-order valence-electron chi connectivity index (χ0n) is 6.49. The molecule has 0 saturated heterocycles. The summed E-state index contributed by atoms with van der Waals surface area (Å²) in [4.78, 5) is 0. The summed E-state index contributed by atoms with van der Waals surface area (Å²) in [5.41, 5.74) is 0. The molecule has 0 saturated carbocycles. The molecule has 1 N–H and O–H groups in total. The van der Waals surface area contributed by atoms with Gasteiger partial charge in [-0.15, -0.1) is 0 Å². The quantitative estimate of drug-likeness (QED) is 0.324. The Hall–Kier alpha value is 1.90. The van der Waals surface area contributed by atoms with E-state index in [1.54, 1.807) is 0 Å². The van der Waals surface area contributed by atoms with Gasteiger partial charge in [-0.1, -0.05) is 6.92 Å². The first-order valence-corrected chi connectivity index (χ1v) is 5.12. The summed E-state index contributed by atoms with van der Waals surface area (Å²) in [7, 11) is -3.21. The minimum Gasteiger partial charge on any atom is -1.00 e. The van der Waals surface area contributed by atoms with Crippen LogP contribution in [0.4, 0.5) is 0 Å². The average Bonchev–Trinajstić information content (AvgIpc) is 1.59. The molecule has 0 spiro atoms. The van der Waals surface area contributed by atoms with Gasteiger partial charge in [0, 0.05) is 5.75 Å². The number of hydrogen-bond acceptors (Lipinski definition) is 3. The first kappa shape index (κ1) is 13.5. The van der Waals surface area contributed by atoms with Gasteiger partial charge in [-0.05, 0) is 17.2 Å². The SMILES string of the molecule is CCCSS(=O)(=O)O.[H-].[K+]. The molecule has 0 heterocycles. The van der Waals surface area contributed by atoms with E-state index >= 15 is 0 Å². The smallest absolute Gasteiger partial charge is 1.00 e. The third-order valence-corrected chi connectivity index (χ3v) is 2.70. The van der Waals surface area contributed by atoms with E-state index in [4.69, 9.17) is 4.55 Å². The predicted octanol–water partition coefficient (Wildman–Crippen LogP) is -1.95. The van der Waals surface area contributed by atoms with Gasteiger partial charge < -0.3 is 1.43 Å². The summed E-state index contributed by atoms with van der Waals surface area (Å²) < 4.78 is 27.9. The molecule has 0 rings (SSSR count). The van der Waals surface area contributed by atoms with Gasteiger partial charge in [-0.3, -0.25) is 4.55 Å². The molecule has 0 bridgehead atoms. The molecule has 0 aliphatic rings. The van der Waals surface area contributed by atoms with Crippen molar-refractivity contribution in [2.24, 2.45) is 0 Å². The second kappa shape index (κ2) is 6.60. The molecule has 0 aromatic rings. The Morgan fingerprint density at radius 1 is 1.67 bits per heavy atom. The van der Waals surface area contributed by atoms with Crippen molar-refractivity contribution in [3.05, 3.63) is 0 Å². The van der Waals surface area contributed by atoms with Crippen LogP contribution in [0.15, 0.2) is 0 Å². The van der Waals surface area contributed by atoms with E-state index in [0.717, 1.165) is 6.42 Å². The second-order valence-electron chi connectivity index (χ2n) is 1.25. The monoisotopic (exact) mass is 196 g/mol. The van der Waals surface area contributed by atoms with Crippen LogP contribution in [0.2, 0.25) is 0 Å². The fourth-order valence-corrected chi connectivity index (χ4v) is 1.70. The van der Waals surface area contributed by atoms with Crippen molar-refractivity contribution in [1.82, 2.24) is 0 Å². The van der Waals surface area contributed by atoms with E-state index in [0.29, 0.717) is 16.5 Å².